The van der Waals surface area contributed by atoms with Crippen molar-refractivity contribution in [2.24, 2.45) is 5.92 Å². The normalized spacial score (nSPS) is 31.3. The van der Waals surface area contributed by atoms with Crippen LogP contribution in [-0.2, 0) is 4.79 Å². The molecule has 64 valence electrons. The third kappa shape index (κ3) is 1.62. The van der Waals surface area contributed by atoms with Crippen molar-refractivity contribution in [1.82, 2.24) is 5.32 Å². The zero-order valence-electron chi connectivity index (χ0n) is 7.61. The quantitative estimate of drug-likeness (QED) is 0.652. The molecule has 1 unspecified atom stereocenters. The molecule has 0 aliphatic carbocycles. The number of Topliss-reactive ketones (excluding diaryl/α,β-unsaturated/α-hetero) is 1. The second-order valence-electron chi connectivity index (χ2n) is 3.88. The van der Waals surface area contributed by atoms with Gasteiger partial charge in [0.25, 0.3) is 0 Å². The SMILES string of the molecule is CC(C)C(=O)C1(C)CCCN1. The van der Waals surface area contributed by atoms with Crippen molar-refractivity contribution in [1.29, 1.82) is 0 Å². The lowest BCUT2D eigenvalue weighted by Gasteiger charge is -2.24. The summed E-state index contributed by atoms with van der Waals surface area (Å²) in [4.78, 5) is 11.6. The molecule has 0 aromatic rings. The molecule has 2 heteroatoms. The van der Waals surface area contributed by atoms with Gasteiger partial charge in [-0.1, -0.05) is 13.8 Å². The van der Waals surface area contributed by atoms with Crippen molar-refractivity contribution < 1.29 is 4.79 Å². The number of rotatable bonds is 2. The highest BCUT2D eigenvalue weighted by atomic mass is 16.1. The second-order valence-corrected chi connectivity index (χ2v) is 3.88. The van der Waals surface area contributed by atoms with E-state index in [4.69, 9.17) is 0 Å². The van der Waals surface area contributed by atoms with Crippen LogP contribution >= 0.6 is 0 Å². The van der Waals surface area contributed by atoms with E-state index in [9.17, 15) is 4.79 Å². The van der Waals surface area contributed by atoms with Crippen LogP contribution in [-0.4, -0.2) is 17.9 Å². The summed E-state index contributed by atoms with van der Waals surface area (Å²) in [5, 5.41) is 3.26. The molecule has 0 aromatic carbocycles. The van der Waals surface area contributed by atoms with Crippen LogP contribution in [0, 0.1) is 5.92 Å². The molecule has 1 fully saturated rings. The Kier molecular flexibility index (Phi) is 2.33. The predicted octanol–water partition coefficient (Wildman–Crippen LogP) is 1.35. The highest BCUT2D eigenvalue weighted by Gasteiger charge is 2.36. The Morgan fingerprint density at radius 2 is 2.18 bits per heavy atom. The van der Waals surface area contributed by atoms with E-state index < -0.39 is 0 Å². The smallest absolute Gasteiger partial charge is 0.155 e. The molecule has 0 spiro atoms. The highest BCUT2D eigenvalue weighted by molar-refractivity contribution is 5.89. The average molecular weight is 155 g/mol. The van der Waals surface area contributed by atoms with Gasteiger partial charge in [-0.3, -0.25) is 4.79 Å². The van der Waals surface area contributed by atoms with Crippen molar-refractivity contribution >= 4 is 5.78 Å². The van der Waals surface area contributed by atoms with Gasteiger partial charge in [0.05, 0.1) is 5.54 Å². The van der Waals surface area contributed by atoms with Crippen LogP contribution in [0.4, 0.5) is 0 Å². The Morgan fingerprint density at radius 1 is 1.55 bits per heavy atom. The van der Waals surface area contributed by atoms with Crippen LogP contribution in [0.5, 0.6) is 0 Å². The topological polar surface area (TPSA) is 29.1 Å². The van der Waals surface area contributed by atoms with E-state index in [2.05, 4.69) is 5.32 Å². The molecule has 1 aliphatic heterocycles. The zero-order valence-corrected chi connectivity index (χ0v) is 7.61. The van der Waals surface area contributed by atoms with E-state index in [0.29, 0.717) is 5.78 Å². The number of hydrogen-bond acceptors (Lipinski definition) is 2. The maximum Gasteiger partial charge on any atom is 0.155 e. The van der Waals surface area contributed by atoms with Gasteiger partial charge >= 0.3 is 0 Å². The molecule has 1 heterocycles. The first-order valence-corrected chi connectivity index (χ1v) is 4.35. The van der Waals surface area contributed by atoms with Crippen molar-refractivity contribution in [3.8, 4) is 0 Å². The first-order valence-electron chi connectivity index (χ1n) is 4.35. The number of ketones is 1. The van der Waals surface area contributed by atoms with Gasteiger partial charge in [-0.05, 0) is 26.3 Å². The summed E-state index contributed by atoms with van der Waals surface area (Å²) >= 11 is 0. The van der Waals surface area contributed by atoms with E-state index in [-0.39, 0.29) is 11.5 Å². The lowest BCUT2D eigenvalue weighted by Crippen LogP contribution is -2.46. The molecule has 0 bridgehead atoms. The minimum absolute atomic E-state index is 0.158. The van der Waals surface area contributed by atoms with E-state index in [1.165, 1.54) is 0 Å². The van der Waals surface area contributed by atoms with Crippen molar-refractivity contribution in [3.05, 3.63) is 0 Å². The number of carbonyl (C=O) groups is 1. The molecule has 1 atom stereocenters. The Bertz CT molecular complexity index is 157. The molecule has 1 saturated heterocycles. The molecule has 2 nitrogen and oxygen atoms in total. The van der Waals surface area contributed by atoms with Gasteiger partial charge in [0, 0.05) is 5.92 Å². The second kappa shape index (κ2) is 2.94. The van der Waals surface area contributed by atoms with Gasteiger partial charge in [0.2, 0.25) is 0 Å². The summed E-state index contributed by atoms with van der Waals surface area (Å²) < 4.78 is 0. The van der Waals surface area contributed by atoms with E-state index >= 15 is 0 Å². The molecule has 11 heavy (non-hydrogen) atoms. The summed E-state index contributed by atoms with van der Waals surface area (Å²) in [7, 11) is 0. The molecule has 0 radical (unpaired) electrons. The fourth-order valence-electron chi connectivity index (χ4n) is 1.74. The Hall–Kier alpha value is -0.370. The van der Waals surface area contributed by atoms with E-state index in [1.807, 2.05) is 20.8 Å². The van der Waals surface area contributed by atoms with Crippen molar-refractivity contribution in [2.75, 3.05) is 6.54 Å². The zero-order chi connectivity index (χ0) is 8.48. The summed E-state index contributed by atoms with van der Waals surface area (Å²) in [6.45, 7) is 6.94. The van der Waals surface area contributed by atoms with E-state index in [0.717, 1.165) is 19.4 Å². The maximum atomic E-state index is 11.6. The summed E-state index contributed by atoms with van der Waals surface area (Å²) in [6, 6.07) is 0. The predicted molar refractivity (Wildman–Crippen MR) is 45.5 cm³/mol. The van der Waals surface area contributed by atoms with Crippen LogP contribution in [0.15, 0.2) is 0 Å². The Labute approximate surface area is 68.4 Å². The number of nitrogens with one attached hydrogen (secondary N) is 1. The van der Waals surface area contributed by atoms with Crippen LogP contribution in [0.1, 0.15) is 33.6 Å². The summed E-state index contributed by atoms with van der Waals surface area (Å²) in [6.07, 6.45) is 2.14. The van der Waals surface area contributed by atoms with Crippen molar-refractivity contribution in [3.63, 3.8) is 0 Å². The average Bonchev–Trinajstić information content (AvgIpc) is 2.35. The van der Waals surface area contributed by atoms with Gasteiger partial charge in [0.15, 0.2) is 5.78 Å². The van der Waals surface area contributed by atoms with Crippen molar-refractivity contribution in [2.45, 2.75) is 39.2 Å². The number of hydrogen-bond donors (Lipinski definition) is 1. The Balaban J connectivity index is 2.64. The molecule has 0 aromatic heterocycles. The standard InChI is InChI=1S/C9H17NO/c1-7(2)8(11)9(3)5-4-6-10-9/h7,10H,4-6H2,1-3H3. The number of carbonyl (C=O) groups excluding carboxylic acids is 1. The van der Waals surface area contributed by atoms with E-state index in [1.54, 1.807) is 0 Å². The van der Waals surface area contributed by atoms with Gasteiger partial charge in [-0.15, -0.1) is 0 Å². The van der Waals surface area contributed by atoms with Crippen LogP contribution in [0.3, 0.4) is 0 Å². The van der Waals surface area contributed by atoms with Gasteiger partial charge < -0.3 is 5.32 Å². The third-order valence-corrected chi connectivity index (χ3v) is 2.44. The molecule has 0 amide bonds. The first kappa shape index (κ1) is 8.72. The third-order valence-electron chi connectivity index (χ3n) is 2.44. The first-order chi connectivity index (χ1) is 5.06. The lowest BCUT2D eigenvalue weighted by atomic mass is 9.88. The molecule has 1 rings (SSSR count). The molecular formula is C9H17NO. The van der Waals surface area contributed by atoms with Crippen LogP contribution in [0.2, 0.25) is 0 Å². The Morgan fingerprint density at radius 3 is 2.55 bits per heavy atom. The summed E-state index contributed by atoms with van der Waals surface area (Å²) in [5.74, 6) is 0.514. The fraction of sp³-hybridized carbons (Fsp3) is 0.889. The molecule has 1 N–H and O–H groups in total. The van der Waals surface area contributed by atoms with Crippen LogP contribution < -0.4 is 5.32 Å². The van der Waals surface area contributed by atoms with Gasteiger partial charge in [0.1, 0.15) is 0 Å². The monoisotopic (exact) mass is 155 g/mol. The summed E-state index contributed by atoms with van der Waals surface area (Å²) in [5.41, 5.74) is -0.214. The largest absolute Gasteiger partial charge is 0.305 e. The molecule has 0 saturated carbocycles. The molecule has 1 aliphatic rings. The maximum absolute atomic E-state index is 11.6. The fourth-order valence-corrected chi connectivity index (χ4v) is 1.74. The minimum Gasteiger partial charge on any atom is -0.305 e. The van der Waals surface area contributed by atoms with Crippen LogP contribution in [0.25, 0.3) is 0 Å². The lowest BCUT2D eigenvalue weighted by molar-refractivity contribution is -0.127. The van der Waals surface area contributed by atoms with Gasteiger partial charge in [-0.2, -0.15) is 0 Å². The van der Waals surface area contributed by atoms with Gasteiger partial charge in [-0.25, -0.2) is 0 Å². The molecular weight excluding hydrogens is 138 g/mol. The highest BCUT2D eigenvalue weighted by Crippen LogP contribution is 2.22. The minimum atomic E-state index is -0.214.